The minimum atomic E-state index is -1.03. The number of thioether (sulfide) groups is 1. The first kappa shape index (κ1) is 12.2. The van der Waals surface area contributed by atoms with Crippen LogP contribution in [0.25, 0.3) is 0 Å². The Morgan fingerprint density at radius 2 is 2.33 bits per heavy atom. The fourth-order valence-electron chi connectivity index (χ4n) is 1.05. The lowest BCUT2D eigenvalue weighted by molar-refractivity contribution is 0.0692. The van der Waals surface area contributed by atoms with E-state index in [0.29, 0.717) is 11.6 Å². The van der Waals surface area contributed by atoms with Crippen LogP contribution in [0.2, 0.25) is 5.02 Å². The fraction of sp³-hybridized carbons (Fsp3) is 0.300. The summed E-state index contributed by atoms with van der Waals surface area (Å²) in [4.78, 5) is 10.9. The smallest absolute Gasteiger partial charge is 0.339 e. The van der Waals surface area contributed by atoms with Gasteiger partial charge in [0, 0.05) is 5.75 Å². The number of carboxylic acid groups (broad SMARTS) is 1. The Labute approximate surface area is 97.4 Å². The summed E-state index contributed by atoms with van der Waals surface area (Å²) in [5, 5.41) is 9.23. The molecule has 0 aliphatic rings. The highest BCUT2D eigenvalue weighted by Gasteiger charge is 2.13. The van der Waals surface area contributed by atoms with E-state index in [4.69, 9.17) is 21.4 Å². The van der Waals surface area contributed by atoms with E-state index in [-0.39, 0.29) is 11.3 Å². The molecule has 0 saturated carbocycles. The van der Waals surface area contributed by atoms with Gasteiger partial charge in [-0.25, -0.2) is 4.79 Å². The van der Waals surface area contributed by atoms with E-state index < -0.39 is 5.97 Å². The van der Waals surface area contributed by atoms with Gasteiger partial charge in [-0.2, -0.15) is 11.8 Å². The van der Waals surface area contributed by atoms with E-state index in [1.165, 1.54) is 6.07 Å². The summed E-state index contributed by atoms with van der Waals surface area (Å²) in [6, 6.07) is 4.68. The summed E-state index contributed by atoms with van der Waals surface area (Å²) in [5.74, 6) is 0.0157. The van der Waals surface area contributed by atoms with Gasteiger partial charge in [0.2, 0.25) is 0 Å². The van der Waals surface area contributed by atoms with Gasteiger partial charge in [-0.3, -0.25) is 0 Å². The number of carbonyl (C=O) groups is 1. The second kappa shape index (κ2) is 5.88. The first-order valence-electron chi connectivity index (χ1n) is 4.30. The number of aromatic carboxylic acids is 1. The quantitative estimate of drug-likeness (QED) is 0.812. The topological polar surface area (TPSA) is 46.5 Å². The Kier molecular flexibility index (Phi) is 4.78. The molecule has 5 heteroatoms. The first-order valence-corrected chi connectivity index (χ1v) is 6.07. The van der Waals surface area contributed by atoms with Crippen molar-refractivity contribution in [2.75, 3.05) is 18.6 Å². The fourth-order valence-corrected chi connectivity index (χ4v) is 1.53. The van der Waals surface area contributed by atoms with Crippen molar-refractivity contribution in [2.45, 2.75) is 0 Å². The van der Waals surface area contributed by atoms with Crippen LogP contribution in [0.4, 0.5) is 0 Å². The largest absolute Gasteiger partial charge is 0.490 e. The van der Waals surface area contributed by atoms with Crippen LogP contribution in [0.3, 0.4) is 0 Å². The van der Waals surface area contributed by atoms with Crippen LogP contribution < -0.4 is 4.74 Å². The Bertz CT molecular complexity index is 355. The first-order chi connectivity index (χ1) is 7.16. The van der Waals surface area contributed by atoms with Gasteiger partial charge in [-0.1, -0.05) is 17.7 Å². The zero-order valence-corrected chi connectivity index (χ0v) is 9.77. The van der Waals surface area contributed by atoms with Crippen molar-refractivity contribution in [2.24, 2.45) is 0 Å². The molecule has 82 valence electrons. The highest BCUT2D eigenvalue weighted by molar-refractivity contribution is 7.98. The maximum Gasteiger partial charge on any atom is 0.339 e. The molecule has 0 heterocycles. The average molecular weight is 247 g/mol. The number of carboxylic acids is 1. The average Bonchev–Trinajstić information content (AvgIpc) is 2.20. The molecule has 0 aliphatic heterocycles. The molecular formula is C10H11ClO3S. The summed E-state index contributed by atoms with van der Waals surface area (Å²) in [6.45, 7) is 0.450. The molecular weight excluding hydrogens is 236 g/mol. The van der Waals surface area contributed by atoms with E-state index in [0.717, 1.165) is 5.75 Å². The van der Waals surface area contributed by atoms with Crippen molar-refractivity contribution in [3.05, 3.63) is 28.8 Å². The van der Waals surface area contributed by atoms with Crippen LogP contribution in [0, 0.1) is 0 Å². The highest BCUT2D eigenvalue weighted by Crippen LogP contribution is 2.28. The molecule has 0 radical (unpaired) electrons. The van der Waals surface area contributed by atoms with Gasteiger partial charge in [0.05, 0.1) is 11.6 Å². The van der Waals surface area contributed by atoms with Crippen LogP contribution >= 0.6 is 23.4 Å². The number of rotatable bonds is 5. The maximum atomic E-state index is 10.9. The second-order valence-corrected chi connectivity index (χ2v) is 4.16. The van der Waals surface area contributed by atoms with E-state index >= 15 is 0 Å². The van der Waals surface area contributed by atoms with Crippen molar-refractivity contribution in [3.8, 4) is 5.75 Å². The molecule has 0 saturated heterocycles. The van der Waals surface area contributed by atoms with Gasteiger partial charge >= 0.3 is 5.97 Å². The van der Waals surface area contributed by atoms with Crippen LogP contribution in [0.15, 0.2) is 18.2 Å². The van der Waals surface area contributed by atoms with Gasteiger partial charge in [-0.15, -0.1) is 0 Å². The van der Waals surface area contributed by atoms with Crippen molar-refractivity contribution in [3.63, 3.8) is 0 Å². The van der Waals surface area contributed by atoms with Crippen LogP contribution in [-0.2, 0) is 0 Å². The molecule has 0 bridgehead atoms. The predicted molar refractivity (Wildman–Crippen MR) is 62.3 cm³/mol. The lowest BCUT2D eigenvalue weighted by Gasteiger charge is -2.09. The third-order valence-corrected chi connectivity index (χ3v) is 2.60. The van der Waals surface area contributed by atoms with E-state index in [1.54, 1.807) is 23.9 Å². The summed E-state index contributed by atoms with van der Waals surface area (Å²) < 4.78 is 5.34. The molecule has 3 nitrogen and oxygen atoms in total. The van der Waals surface area contributed by atoms with Crippen molar-refractivity contribution in [1.82, 2.24) is 0 Å². The molecule has 0 aromatic heterocycles. The summed E-state index contributed by atoms with van der Waals surface area (Å²) in [6.07, 6.45) is 1.95. The molecule has 0 fully saturated rings. The zero-order valence-electron chi connectivity index (χ0n) is 8.20. The maximum absolute atomic E-state index is 10.9. The Morgan fingerprint density at radius 3 is 2.93 bits per heavy atom. The van der Waals surface area contributed by atoms with E-state index in [1.807, 2.05) is 6.26 Å². The summed E-state index contributed by atoms with van der Waals surface area (Å²) in [7, 11) is 0. The third-order valence-electron chi connectivity index (χ3n) is 1.73. The van der Waals surface area contributed by atoms with Gasteiger partial charge in [0.25, 0.3) is 0 Å². The van der Waals surface area contributed by atoms with Crippen molar-refractivity contribution in [1.29, 1.82) is 0 Å². The summed E-state index contributed by atoms with van der Waals surface area (Å²) >= 11 is 7.48. The molecule has 1 aromatic rings. The Hall–Kier alpha value is -0.870. The molecule has 0 aliphatic carbocycles. The van der Waals surface area contributed by atoms with Crippen molar-refractivity contribution >= 4 is 29.3 Å². The van der Waals surface area contributed by atoms with Gasteiger partial charge in [0.1, 0.15) is 5.56 Å². The number of para-hydroxylation sites is 1. The molecule has 15 heavy (non-hydrogen) atoms. The van der Waals surface area contributed by atoms with Gasteiger partial charge in [-0.05, 0) is 18.4 Å². The molecule has 0 amide bonds. The number of ether oxygens (including phenoxy) is 1. The number of benzene rings is 1. The SMILES string of the molecule is CSCCOc1c(Cl)cccc1C(=O)O. The van der Waals surface area contributed by atoms with Crippen LogP contribution in [0.1, 0.15) is 10.4 Å². The van der Waals surface area contributed by atoms with E-state index in [2.05, 4.69) is 0 Å². The molecule has 0 atom stereocenters. The van der Waals surface area contributed by atoms with Crippen LogP contribution in [-0.4, -0.2) is 29.7 Å². The highest BCUT2D eigenvalue weighted by atomic mass is 35.5. The Morgan fingerprint density at radius 1 is 1.60 bits per heavy atom. The lowest BCUT2D eigenvalue weighted by atomic mass is 10.2. The van der Waals surface area contributed by atoms with Gasteiger partial charge < -0.3 is 9.84 Å². The Balaban J connectivity index is 2.87. The minimum absolute atomic E-state index is 0.101. The molecule has 0 spiro atoms. The predicted octanol–water partition coefficient (Wildman–Crippen LogP) is 2.78. The minimum Gasteiger partial charge on any atom is -0.490 e. The molecule has 0 unspecified atom stereocenters. The summed E-state index contributed by atoms with van der Waals surface area (Å²) in [5.41, 5.74) is 0.101. The number of hydrogen-bond acceptors (Lipinski definition) is 3. The van der Waals surface area contributed by atoms with Crippen molar-refractivity contribution < 1.29 is 14.6 Å². The molecule has 1 aromatic carbocycles. The lowest BCUT2D eigenvalue weighted by Crippen LogP contribution is -2.06. The second-order valence-electron chi connectivity index (χ2n) is 2.76. The van der Waals surface area contributed by atoms with Crippen LogP contribution in [0.5, 0.6) is 5.75 Å². The third kappa shape index (κ3) is 3.32. The van der Waals surface area contributed by atoms with E-state index in [9.17, 15) is 4.79 Å². The zero-order chi connectivity index (χ0) is 11.3. The standard InChI is InChI=1S/C10H11ClO3S/c1-15-6-5-14-9-7(10(12)13)3-2-4-8(9)11/h2-4H,5-6H2,1H3,(H,12,13). The number of halogens is 1. The van der Waals surface area contributed by atoms with Gasteiger partial charge in [0.15, 0.2) is 5.75 Å². The molecule has 1 N–H and O–H groups in total. The number of hydrogen-bond donors (Lipinski definition) is 1. The monoisotopic (exact) mass is 246 g/mol. The normalized spacial score (nSPS) is 10.0. The molecule has 1 rings (SSSR count).